The third-order valence-corrected chi connectivity index (χ3v) is 5.28. The number of halogens is 2. The number of carbonyl (C=O) groups excluding carboxylic acids is 2. The lowest BCUT2D eigenvalue weighted by molar-refractivity contribution is -0.136. The van der Waals surface area contributed by atoms with Gasteiger partial charge in [0, 0.05) is 5.69 Å². The fraction of sp³-hybridized carbons (Fsp3) is 0.160. The first-order valence-electron chi connectivity index (χ1n) is 10.4. The van der Waals surface area contributed by atoms with Crippen molar-refractivity contribution in [3.05, 3.63) is 87.4 Å². The van der Waals surface area contributed by atoms with Crippen LogP contribution < -0.4 is 20.2 Å². The van der Waals surface area contributed by atoms with E-state index in [0.717, 1.165) is 5.56 Å². The second kappa shape index (κ2) is 12.1. The minimum absolute atomic E-state index is 0.259. The molecule has 3 aromatic carbocycles. The third-order valence-electron chi connectivity index (χ3n) is 4.55. The zero-order valence-electron chi connectivity index (χ0n) is 18.6. The quantitative estimate of drug-likeness (QED) is 0.247. The van der Waals surface area contributed by atoms with Crippen LogP contribution in [0.3, 0.4) is 0 Å². The van der Waals surface area contributed by atoms with Crippen LogP contribution in [0.4, 0.5) is 5.69 Å². The average Bonchev–Trinajstić information content (AvgIpc) is 2.82. The van der Waals surface area contributed by atoms with Gasteiger partial charge in [0.25, 0.3) is 0 Å². The number of hydrogen-bond acceptors (Lipinski definition) is 5. The Balaban J connectivity index is 1.59. The normalized spacial score (nSPS) is 10.7. The number of aryl methyl sites for hydroxylation is 1. The van der Waals surface area contributed by atoms with Gasteiger partial charge in [0.2, 0.25) is 0 Å². The van der Waals surface area contributed by atoms with E-state index in [1.54, 1.807) is 18.2 Å². The summed E-state index contributed by atoms with van der Waals surface area (Å²) in [5, 5.41) is 6.86. The maximum Gasteiger partial charge on any atom is 0.329 e. The zero-order chi connectivity index (χ0) is 24.5. The van der Waals surface area contributed by atoms with E-state index >= 15 is 0 Å². The molecule has 0 heterocycles. The molecule has 3 rings (SSSR count). The summed E-state index contributed by atoms with van der Waals surface area (Å²) in [6, 6.07) is 17.8. The molecule has 0 aromatic heterocycles. The smallest absolute Gasteiger partial charge is 0.329 e. The molecule has 0 saturated carbocycles. The molecule has 2 N–H and O–H groups in total. The summed E-state index contributed by atoms with van der Waals surface area (Å²) in [5.74, 6) is -0.706. The predicted octanol–water partition coefficient (Wildman–Crippen LogP) is 5.37. The highest BCUT2D eigenvalue weighted by Crippen LogP contribution is 2.29. The SMILES string of the molecule is CCOc1cc(C=NNC(=O)C(=O)Nc2ccc(Cl)c(Cl)c2)ccc1OCc1ccc(C)cc1. The van der Waals surface area contributed by atoms with E-state index < -0.39 is 11.8 Å². The van der Waals surface area contributed by atoms with E-state index in [2.05, 4.69) is 15.8 Å². The van der Waals surface area contributed by atoms with Crippen LogP contribution >= 0.6 is 23.2 Å². The summed E-state index contributed by atoms with van der Waals surface area (Å²) in [4.78, 5) is 24.0. The monoisotopic (exact) mass is 499 g/mol. The van der Waals surface area contributed by atoms with Crippen molar-refractivity contribution in [2.75, 3.05) is 11.9 Å². The molecule has 0 spiro atoms. The molecule has 176 valence electrons. The van der Waals surface area contributed by atoms with E-state index in [1.165, 1.54) is 30.0 Å². The van der Waals surface area contributed by atoms with Crippen molar-refractivity contribution in [2.24, 2.45) is 5.10 Å². The first-order valence-corrected chi connectivity index (χ1v) is 11.2. The van der Waals surface area contributed by atoms with Crippen LogP contribution in [-0.4, -0.2) is 24.6 Å². The Morgan fingerprint density at radius 2 is 1.68 bits per heavy atom. The van der Waals surface area contributed by atoms with Crippen LogP contribution in [0, 0.1) is 6.92 Å². The molecule has 2 amide bonds. The van der Waals surface area contributed by atoms with Crippen molar-refractivity contribution in [3.63, 3.8) is 0 Å². The first-order chi connectivity index (χ1) is 16.4. The molecule has 9 heteroatoms. The van der Waals surface area contributed by atoms with E-state index in [-0.39, 0.29) is 5.02 Å². The number of nitrogens with one attached hydrogen (secondary N) is 2. The number of hydrogen-bond donors (Lipinski definition) is 2. The summed E-state index contributed by atoms with van der Waals surface area (Å²) in [7, 11) is 0. The second-order valence-electron chi connectivity index (χ2n) is 7.20. The summed E-state index contributed by atoms with van der Waals surface area (Å²) in [6.45, 7) is 4.75. The van der Waals surface area contributed by atoms with Crippen molar-refractivity contribution < 1.29 is 19.1 Å². The Bertz CT molecular complexity index is 1200. The van der Waals surface area contributed by atoms with Gasteiger partial charge in [0.15, 0.2) is 11.5 Å². The molecule has 0 saturated heterocycles. The second-order valence-corrected chi connectivity index (χ2v) is 8.01. The Morgan fingerprint density at radius 1 is 0.912 bits per heavy atom. The zero-order valence-corrected chi connectivity index (χ0v) is 20.1. The molecule has 0 aliphatic carbocycles. The highest BCUT2D eigenvalue weighted by atomic mass is 35.5. The molecular weight excluding hydrogens is 477 g/mol. The highest BCUT2D eigenvalue weighted by molar-refractivity contribution is 6.42. The van der Waals surface area contributed by atoms with Crippen LogP contribution in [-0.2, 0) is 16.2 Å². The van der Waals surface area contributed by atoms with Gasteiger partial charge in [-0.05, 0) is 61.4 Å². The number of anilines is 1. The van der Waals surface area contributed by atoms with Gasteiger partial charge in [-0.15, -0.1) is 0 Å². The minimum atomic E-state index is -0.939. The molecule has 0 aliphatic heterocycles. The number of amides is 2. The molecule has 7 nitrogen and oxygen atoms in total. The van der Waals surface area contributed by atoms with Crippen LogP contribution in [0.25, 0.3) is 0 Å². The predicted molar refractivity (Wildman–Crippen MR) is 134 cm³/mol. The molecule has 0 radical (unpaired) electrons. The molecule has 0 unspecified atom stereocenters. The van der Waals surface area contributed by atoms with E-state index in [1.807, 2.05) is 38.1 Å². The third kappa shape index (κ3) is 7.23. The van der Waals surface area contributed by atoms with Gasteiger partial charge >= 0.3 is 11.8 Å². The van der Waals surface area contributed by atoms with Gasteiger partial charge in [0.05, 0.1) is 22.9 Å². The molecule has 0 fully saturated rings. The van der Waals surface area contributed by atoms with Gasteiger partial charge in [-0.25, -0.2) is 5.43 Å². The summed E-state index contributed by atoms with van der Waals surface area (Å²) < 4.78 is 11.6. The topological polar surface area (TPSA) is 89.0 Å². The maximum atomic E-state index is 12.0. The molecular formula is C25H23Cl2N3O4. The van der Waals surface area contributed by atoms with Crippen molar-refractivity contribution in [2.45, 2.75) is 20.5 Å². The van der Waals surface area contributed by atoms with Gasteiger partial charge in [-0.2, -0.15) is 5.10 Å². The maximum absolute atomic E-state index is 12.0. The number of hydrazone groups is 1. The van der Waals surface area contributed by atoms with E-state index in [0.29, 0.717) is 41.0 Å². The van der Waals surface area contributed by atoms with Crippen molar-refractivity contribution in [3.8, 4) is 11.5 Å². The van der Waals surface area contributed by atoms with Gasteiger partial charge < -0.3 is 14.8 Å². The average molecular weight is 500 g/mol. The van der Waals surface area contributed by atoms with Gasteiger partial charge in [-0.1, -0.05) is 53.0 Å². The number of rotatable bonds is 8. The summed E-state index contributed by atoms with van der Waals surface area (Å²) in [5.41, 5.74) is 5.39. The van der Waals surface area contributed by atoms with Crippen LogP contribution in [0.5, 0.6) is 11.5 Å². The highest BCUT2D eigenvalue weighted by Gasteiger charge is 2.13. The lowest BCUT2D eigenvalue weighted by Crippen LogP contribution is -2.32. The number of ether oxygens (including phenoxy) is 2. The number of benzene rings is 3. The Kier molecular flexibility index (Phi) is 8.90. The minimum Gasteiger partial charge on any atom is -0.490 e. The standard InChI is InChI=1S/C25H23Cl2N3O4/c1-3-33-23-12-18(8-11-22(23)34-15-17-6-4-16(2)5-7-17)14-28-30-25(32)24(31)29-19-9-10-20(26)21(27)13-19/h4-14H,3,15H2,1-2H3,(H,29,31)(H,30,32). The van der Waals surface area contributed by atoms with E-state index in [9.17, 15) is 9.59 Å². The Labute approximate surface area is 207 Å². The van der Waals surface area contributed by atoms with Crippen LogP contribution in [0.2, 0.25) is 10.0 Å². The van der Waals surface area contributed by atoms with Crippen LogP contribution in [0.1, 0.15) is 23.6 Å². The Hall–Kier alpha value is -3.55. The molecule has 0 atom stereocenters. The molecule has 0 aliphatic rings. The summed E-state index contributed by atoms with van der Waals surface area (Å²) >= 11 is 11.7. The number of carbonyl (C=O) groups is 2. The largest absolute Gasteiger partial charge is 0.490 e. The van der Waals surface area contributed by atoms with E-state index in [4.69, 9.17) is 32.7 Å². The lowest BCUT2D eigenvalue weighted by Gasteiger charge is -2.12. The molecule has 34 heavy (non-hydrogen) atoms. The number of nitrogens with zero attached hydrogens (tertiary/aromatic N) is 1. The van der Waals surface area contributed by atoms with Crippen molar-refractivity contribution in [1.82, 2.24) is 5.43 Å². The van der Waals surface area contributed by atoms with Gasteiger partial charge in [0.1, 0.15) is 6.61 Å². The first kappa shape index (κ1) is 25.1. The molecule has 3 aromatic rings. The van der Waals surface area contributed by atoms with Crippen LogP contribution in [0.15, 0.2) is 65.8 Å². The fourth-order valence-corrected chi connectivity index (χ4v) is 3.11. The van der Waals surface area contributed by atoms with Crippen molar-refractivity contribution in [1.29, 1.82) is 0 Å². The van der Waals surface area contributed by atoms with Gasteiger partial charge in [-0.3, -0.25) is 9.59 Å². The summed E-state index contributed by atoms with van der Waals surface area (Å²) in [6.07, 6.45) is 1.40. The molecule has 0 bridgehead atoms. The Morgan fingerprint density at radius 3 is 2.38 bits per heavy atom. The fourth-order valence-electron chi connectivity index (χ4n) is 2.82. The lowest BCUT2D eigenvalue weighted by atomic mass is 10.2. The van der Waals surface area contributed by atoms with Crippen molar-refractivity contribution >= 4 is 46.9 Å².